The van der Waals surface area contributed by atoms with Crippen LogP contribution < -0.4 is 10.1 Å². The van der Waals surface area contributed by atoms with Gasteiger partial charge in [-0.1, -0.05) is 6.92 Å². The van der Waals surface area contributed by atoms with E-state index in [-0.39, 0.29) is 5.60 Å². The Bertz CT molecular complexity index is 404. The van der Waals surface area contributed by atoms with Crippen LogP contribution in [0.4, 0.5) is 5.95 Å². The van der Waals surface area contributed by atoms with Gasteiger partial charge in [0.25, 0.3) is 0 Å². The molecule has 126 valence electrons. The Kier molecular flexibility index (Phi) is 8.12. The van der Waals surface area contributed by atoms with Crippen LogP contribution >= 0.6 is 0 Å². The van der Waals surface area contributed by atoms with Crippen molar-refractivity contribution in [3.05, 3.63) is 12.4 Å². The second kappa shape index (κ2) is 9.58. The van der Waals surface area contributed by atoms with Gasteiger partial charge in [0.2, 0.25) is 5.95 Å². The van der Waals surface area contributed by atoms with Gasteiger partial charge < -0.3 is 14.8 Å². The maximum absolute atomic E-state index is 5.70. The molecule has 0 fully saturated rings. The van der Waals surface area contributed by atoms with Crippen molar-refractivity contribution in [2.75, 3.05) is 45.2 Å². The van der Waals surface area contributed by atoms with Crippen LogP contribution in [0.3, 0.4) is 0 Å². The maximum Gasteiger partial charge on any atom is 0.222 e. The Morgan fingerprint density at radius 2 is 1.82 bits per heavy atom. The number of hydrogen-bond donors (Lipinski definition) is 1. The second-order valence-corrected chi connectivity index (χ2v) is 6.22. The third-order valence-corrected chi connectivity index (χ3v) is 2.91. The summed E-state index contributed by atoms with van der Waals surface area (Å²) in [6, 6.07) is 0. The predicted molar refractivity (Wildman–Crippen MR) is 89.5 cm³/mol. The van der Waals surface area contributed by atoms with Crippen LogP contribution in [-0.4, -0.2) is 60.4 Å². The molecule has 0 aliphatic carbocycles. The molecule has 0 bridgehead atoms. The summed E-state index contributed by atoms with van der Waals surface area (Å²) in [6.07, 6.45) is 4.55. The number of aromatic nitrogens is 2. The van der Waals surface area contributed by atoms with Crippen LogP contribution in [0.25, 0.3) is 0 Å². The van der Waals surface area contributed by atoms with Crippen LogP contribution in [0.1, 0.15) is 34.1 Å². The highest BCUT2D eigenvalue weighted by atomic mass is 16.5. The molecule has 1 N–H and O–H groups in total. The Morgan fingerprint density at radius 1 is 1.14 bits per heavy atom. The van der Waals surface area contributed by atoms with Gasteiger partial charge in [0.15, 0.2) is 5.75 Å². The normalized spacial score (nSPS) is 11.7. The predicted octanol–water partition coefficient (Wildman–Crippen LogP) is 2.42. The third-order valence-electron chi connectivity index (χ3n) is 2.91. The van der Waals surface area contributed by atoms with Gasteiger partial charge in [-0.25, -0.2) is 9.97 Å². The van der Waals surface area contributed by atoms with Gasteiger partial charge in [-0.05, 0) is 33.7 Å². The van der Waals surface area contributed by atoms with Crippen molar-refractivity contribution < 1.29 is 9.47 Å². The van der Waals surface area contributed by atoms with Crippen molar-refractivity contribution in [2.24, 2.45) is 0 Å². The monoisotopic (exact) mass is 310 g/mol. The van der Waals surface area contributed by atoms with E-state index >= 15 is 0 Å². The summed E-state index contributed by atoms with van der Waals surface area (Å²) >= 11 is 0. The molecule has 1 heterocycles. The second-order valence-electron chi connectivity index (χ2n) is 6.22. The average molecular weight is 310 g/mol. The minimum atomic E-state index is -0.236. The number of rotatable bonds is 10. The van der Waals surface area contributed by atoms with E-state index in [9.17, 15) is 0 Å². The van der Waals surface area contributed by atoms with Gasteiger partial charge in [0, 0.05) is 26.7 Å². The summed E-state index contributed by atoms with van der Waals surface area (Å²) in [6.45, 7) is 12.7. The molecule has 0 aliphatic rings. The molecule has 0 aliphatic heterocycles. The highest BCUT2D eigenvalue weighted by molar-refractivity contribution is 5.27. The number of nitrogens with zero attached hydrogens (tertiary/aromatic N) is 3. The molecular weight excluding hydrogens is 280 g/mol. The molecule has 0 aromatic carbocycles. The van der Waals surface area contributed by atoms with E-state index in [0.717, 1.165) is 39.2 Å². The number of anilines is 1. The molecule has 0 spiro atoms. The number of ether oxygens (including phenoxy) is 2. The molecule has 0 radical (unpaired) electrons. The van der Waals surface area contributed by atoms with Crippen LogP contribution in [0.5, 0.6) is 5.75 Å². The van der Waals surface area contributed by atoms with Crippen LogP contribution in [-0.2, 0) is 4.74 Å². The summed E-state index contributed by atoms with van der Waals surface area (Å²) in [5, 5.41) is 3.24. The highest BCUT2D eigenvalue weighted by Crippen LogP contribution is 2.16. The molecule has 1 aromatic rings. The molecule has 1 aromatic heterocycles. The maximum atomic E-state index is 5.70. The van der Waals surface area contributed by atoms with Crippen molar-refractivity contribution in [3.63, 3.8) is 0 Å². The molecule has 1 rings (SSSR count). The Labute approximate surface area is 134 Å². The van der Waals surface area contributed by atoms with Crippen LogP contribution in [0, 0.1) is 0 Å². The zero-order valence-electron chi connectivity index (χ0n) is 14.6. The van der Waals surface area contributed by atoms with E-state index in [1.54, 1.807) is 19.5 Å². The zero-order valence-corrected chi connectivity index (χ0v) is 14.6. The van der Waals surface area contributed by atoms with Gasteiger partial charge in [-0.3, -0.25) is 4.90 Å². The summed E-state index contributed by atoms with van der Waals surface area (Å²) in [4.78, 5) is 10.9. The smallest absolute Gasteiger partial charge is 0.222 e. The number of nitrogens with one attached hydrogen (secondary N) is 1. The van der Waals surface area contributed by atoms with Gasteiger partial charge in [0.05, 0.1) is 19.0 Å². The molecule has 0 atom stereocenters. The minimum Gasteiger partial charge on any atom is -0.485 e. The van der Waals surface area contributed by atoms with E-state index in [1.807, 2.05) is 20.8 Å². The fourth-order valence-corrected chi connectivity index (χ4v) is 2.01. The minimum absolute atomic E-state index is 0.236. The summed E-state index contributed by atoms with van der Waals surface area (Å²) in [5.41, 5.74) is -0.236. The first-order chi connectivity index (χ1) is 10.4. The lowest BCUT2D eigenvalue weighted by molar-refractivity contribution is 0.129. The molecule has 22 heavy (non-hydrogen) atoms. The van der Waals surface area contributed by atoms with Crippen molar-refractivity contribution >= 4 is 5.95 Å². The Hall–Kier alpha value is -1.40. The van der Waals surface area contributed by atoms with Crippen molar-refractivity contribution in [3.8, 4) is 5.75 Å². The fourth-order valence-electron chi connectivity index (χ4n) is 2.01. The quantitative estimate of drug-likeness (QED) is 0.716. The van der Waals surface area contributed by atoms with Gasteiger partial charge in [-0.2, -0.15) is 0 Å². The van der Waals surface area contributed by atoms with E-state index in [1.165, 1.54) is 0 Å². The van der Waals surface area contributed by atoms with Crippen LogP contribution in [0.2, 0.25) is 0 Å². The topological polar surface area (TPSA) is 59.5 Å². The largest absolute Gasteiger partial charge is 0.485 e. The van der Waals surface area contributed by atoms with Gasteiger partial charge in [0.1, 0.15) is 5.60 Å². The molecular formula is C16H30N4O2. The summed E-state index contributed by atoms with van der Waals surface area (Å²) < 4.78 is 10.8. The van der Waals surface area contributed by atoms with E-state index in [4.69, 9.17) is 9.47 Å². The fraction of sp³-hybridized carbons (Fsp3) is 0.750. The first-order valence-corrected chi connectivity index (χ1v) is 7.91. The van der Waals surface area contributed by atoms with Crippen molar-refractivity contribution in [1.82, 2.24) is 14.9 Å². The summed E-state index contributed by atoms with van der Waals surface area (Å²) in [5.74, 6) is 1.32. The number of methoxy groups -OCH3 is 1. The lowest BCUT2D eigenvalue weighted by Crippen LogP contribution is -2.33. The molecule has 0 saturated heterocycles. The van der Waals surface area contributed by atoms with Crippen molar-refractivity contribution in [1.29, 1.82) is 0 Å². The first-order valence-electron chi connectivity index (χ1n) is 7.91. The SMILES string of the molecule is CCCN(CCNc1ncc(OC(C)(C)C)cn1)CCOC. The lowest BCUT2D eigenvalue weighted by atomic mass is 10.2. The van der Waals surface area contributed by atoms with E-state index in [0.29, 0.717) is 11.7 Å². The average Bonchev–Trinajstić information content (AvgIpc) is 2.45. The van der Waals surface area contributed by atoms with Gasteiger partial charge in [-0.15, -0.1) is 0 Å². The Balaban J connectivity index is 2.37. The third kappa shape index (κ3) is 8.14. The standard InChI is InChI=1S/C16H30N4O2/c1-6-8-20(10-11-21-5)9-7-17-15-18-12-14(13-19-15)22-16(2,3)4/h12-13H,6-11H2,1-5H3,(H,17,18,19). The van der Waals surface area contributed by atoms with Gasteiger partial charge >= 0.3 is 0 Å². The van der Waals surface area contributed by atoms with E-state index in [2.05, 4.69) is 27.1 Å². The highest BCUT2D eigenvalue weighted by Gasteiger charge is 2.12. The molecule has 6 heteroatoms. The lowest BCUT2D eigenvalue weighted by Gasteiger charge is -2.22. The Morgan fingerprint density at radius 3 is 2.36 bits per heavy atom. The van der Waals surface area contributed by atoms with Crippen LogP contribution in [0.15, 0.2) is 12.4 Å². The molecule has 0 amide bonds. The van der Waals surface area contributed by atoms with E-state index < -0.39 is 0 Å². The molecule has 0 saturated carbocycles. The molecule has 6 nitrogen and oxygen atoms in total. The zero-order chi connectivity index (χ0) is 16.4. The summed E-state index contributed by atoms with van der Waals surface area (Å²) in [7, 11) is 1.73. The number of hydrogen-bond acceptors (Lipinski definition) is 6. The van der Waals surface area contributed by atoms with Crippen molar-refractivity contribution in [2.45, 2.75) is 39.7 Å². The first kappa shape index (κ1) is 18.6. The molecule has 0 unspecified atom stereocenters.